The molecule has 1 aliphatic heterocycles. The highest BCUT2D eigenvalue weighted by atomic mass is 31.2. The smallest absolute Gasteiger partial charge is 0.493 e. The fourth-order valence-corrected chi connectivity index (χ4v) is 6.99. The first kappa shape index (κ1) is 36.8. The number of carbonyl (C=O) groups excluding carboxylic acids is 1. The lowest BCUT2D eigenvalue weighted by atomic mass is 10.1. The van der Waals surface area contributed by atoms with E-state index in [1.807, 2.05) is 36.4 Å². The Balaban J connectivity index is 1.16. The number of amides is 2. The van der Waals surface area contributed by atoms with Crippen molar-refractivity contribution in [3.05, 3.63) is 144 Å². The van der Waals surface area contributed by atoms with Gasteiger partial charge in [0, 0.05) is 12.2 Å². The molecule has 11 nitrogen and oxygen atoms in total. The van der Waals surface area contributed by atoms with Crippen LogP contribution in [0.3, 0.4) is 0 Å². The van der Waals surface area contributed by atoms with Crippen LogP contribution in [0.15, 0.2) is 126 Å². The first-order valence-corrected chi connectivity index (χ1v) is 18.7. The number of rotatable bonds is 16. The van der Waals surface area contributed by atoms with Crippen molar-refractivity contribution in [1.29, 1.82) is 0 Å². The van der Waals surface area contributed by atoms with E-state index in [1.54, 1.807) is 60.9 Å². The monoisotopic (exact) mass is 725 g/mol. The summed E-state index contributed by atoms with van der Waals surface area (Å²) in [5.41, 5.74) is 4.64. The Morgan fingerprint density at radius 3 is 2.13 bits per heavy atom. The number of benzene rings is 4. The van der Waals surface area contributed by atoms with E-state index in [2.05, 4.69) is 29.6 Å². The largest absolute Gasteiger partial charge is 0.573 e. The average Bonchev–Trinajstić information content (AvgIpc) is 3.65. The minimum absolute atomic E-state index is 0.0294. The molecule has 1 aromatic heterocycles. The standard InChI is InChI=1S/C40H41N2O9P/c43-39(41-34-21-22-38(35(25-34)37-20-12-24-48-37)47-23-11-3-8-15-30-13-4-1-5-14-30)36(42(40(44)45)26-31-16-6-2-7-17-31)29-51-52(46)49-27-32-18-9-10-19-33(32)28-50-52/h1-2,4-7,9-10,12-14,16-22,24-25,36,46H,3,8,11,15,23,26-29H2,(H-,41,43,44,45)/p+1. The molecule has 0 spiro atoms. The third-order valence-electron chi connectivity index (χ3n) is 8.64. The molecule has 52 heavy (non-hydrogen) atoms. The molecular weight excluding hydrogens is 683 g/mol. The summed E-state index contributed by atoms with van der Waals surface area (Å²) < 4.78 is 29.0. The van der Waals surface area contributed by atoms with Crippen LogP contribution in [-0.2, 0) is 44.5 Å². The minimum Gasteiger partial charge on any atom is -0.493 e. The van der Waals surface area contributed by atoms with Crippen LogP contribution in [-0.4, -0.2) is 46.2 Å². The van der Waals surface area contributed by atoms with E-state index < -0.39 is 32.8 Å². The quantitative estimate of drug-likeness (QED) is 0.0674. The van der Waals surface area contributed by atoms with Gasteiger partial charge in [-0.1, -0.05) is 84.9 Å². The minimum atomic E-state index is -3.93. The van der Waals surface area contributed by atoms with Crippen LogP contribution in [0.25, 0.3) is 11.3 Å². The summed E-state index contributed by atoms with van der Waals surface area (Å²) in [4.78, 5) is 38.9. The third-order valence-corrected chi connectivity index (χ3v) is 10.0. The molecule has 0 bridgehead atoms. The maximum Gasteiger partial charge on any atom is 0.573 e. The van der Waals surface area contributed by atoms with Crippen molar-refractivity contribution in [1.82, 2.24) is 4.90 Å². The van der Waals surface area contributed by atoms with E-state index in [4.69, 9.17) is 22.7 Å². The first-order valence-electron chi connectivity index (χ1n) is 17.2. The summed E-state index contributed by atoms with van der Waals surface area (Å²) in [6.45, 7) is -0.0925. The van der Waals surface area contributed by atoms with Gasteiger partial charge >= 0.3 is 14.3 Å². The van der Waals surface area contributed by atoms with Gasteiger partial charge in [0.15, 0.2) is 0 Å². The zero-order chi connectivity index (χ0) is 36.2. The van der Waals surface area contributed by atoms with Gasteiger partial charge in [0.05, 0.1) is 18.4 Å². The predicted octanol–water partition coefficient (Wildman–Crippen LogP) is 8.66. The van der Waals surface area contributed by atoms with Gasteiger partial charge in [-0.25, -0.2) is 4.79 Å². The highest BCUT2D eigenvalue weighted by Gasteiger charge is 2.49. The fraction of sp³-hybridized carbons (Fsp3) is 0.250. The van der Waals surface area contributed by atoms with E-state index in [0.29, 0.717) is 34.9 Å². The summed E-state index contributed by atoms with van der Waals surface area (Å²) in [5, 5.41) is 13.2. The van der Waals surface area contributed by atoms with Crippen LogP contribution >= 0.6 is 8.17 Å². The molecule has 0 radical (unpaired) electrons. The fourth-order valence-electron chi connectivity index (χ4n) is 5.83. The van der Waals surface area contributed by atoms with Crippen molar-refractivity contribution in [2.75, 3.05) is 18.5 Å². The maximum absolute atomic E-state index is 14.0. The second-order valence-corrected chi connectivity index (χ2v) is 14.0. The first-order chi connectivity index (χ1) is 25.4. The van der Waals surface area contributed by atoms with Crippen molar-refractivity contribution in [3.8, 4) is 17.1 Å². The Morgan fingerprint density at radius 1 is 0.808 bits per heavy atom. The number of fused-ring (bicyclic) bond motifs is 1. The number of aryl methyl sites for hydroxylation is 1. The number of unbranched alkanes of at least 4 members (excludes halogenated alkanes) is 2. The van der Waals surface area contributed by atoms with Gasteiger partial charge in [0.25, 0.3) is 0 Å². The number of hydrogen-bond donors (Lipinski definition) is 3. The van der Waals surface area contributed by atoms with Crippen molar-refractivity contribution in [2.24, 2.45) is 0 Å². The molecule has 4 aromatic carbocycles. The Bertz CT molecular complexity index is 1860. The normalized spacial score (nSPS) is 14.1. The van der Waals surface area contributed by atoms with Crippen LogP contribution in [0.2, 0.25) is 0 Å². The SMILES string of the molecule is O=C(Nc1ccc(OCCCCCc2ccccc2)c(-c2ccco2)c1)C(CO[P+]1(O)OCc2ccccc2CO1)N(Cc1ccccc1)C(=O)O. The number of carbonyl (C=O) groups is 2. The Morgan fingerprint density at radius 2 is 1.48 bits per heavy atom. The molecule has 0 aliphatic carbocycles. The molecule has 0 fully saturated rings. The van der Waals surface area contributed by atoms with E-state index in [1.165, 1.54) is 5.56 Å². The Hall–Kier alpha value is -5.03. The number of furan rings is 1. The third kappa shape index (κ3) is 10.1. The Kier molecular flexibility index (Phi) is 12.7. The van der Waals surface area contributed by atoms with Crippen molar-refractivity contribution < 1.29 is 42.3 Å². The Labute approximate surface area is 303 Å². The van der Waals surface area contributed by atoms with Gasteiger partial charge in [-0.05, 0) is 78.3 Å². The number of hydrogen-bond acceptors (Lipinski definition) is 8. The van der Waals surface area contributed by atoms with Gasteiger partial charge in [-0.3, -0.25) is 9.69 Å². The zero-order valence-corrected chi connectivity index (χ0v) is 29.5. The summed E-state index contributed by atoms with van der Waals surface area (Å²) in [5.74, 6) is 0.449. The summed E-state index contributed by atoms with van der Waals surface area (Å²) in [6.07, 6.45) is 4.14. The van der Waals surface area contributed by atoms with Crippen LogP contribution in [0, 0.1) is 0 Å². The van der Waals surface area contributed by atoms with Crippen LogP contribution < -0.4 is 10.1 Å². The molecule has 6 rings (SSSR count). The maximum atomic E-state index is 14.0. The van der Waals surface area contributed by atoms with Crippen molar-refractivity contribution >= 4 is 25.9 Å². The molecule has 12 heteroatoms. The molecule has 2 heterocycles. The lowest BCUT2D eigenvalue weighted by Gasteiger charge is -2.28. The number of nitrogens with zero attached hydrogens (tertiary/aromatic N) is 1. The molecule has 5 aromatic rings. The van der Waals surface area contributed by atoms with E-state index in [9.17, 15) is 19.6 Å². The lowest BCUT2D eigenvalue weighted by Crippen LogP contribution is -2.49. The summed E-state index contributed by atoms with van der Waals surface area (Å²) in [7, 11) is -3.93. The number of nitrogens with one attached hydrogen (secondary N) is 1. The van der Waals surface area contributed by atoms with Crippen molar-refractivity contribution in [2.45, 2.75) is 51.5 Å². The summed E-state index contributed by atoms with van der Waals surface area (Å²) >= 11 is 0. The van der Waals surface area contributed by atoms with Crippen LogP contribution in [0.4, 0.5) is 10.5 Å². The number of anilines is 1. The van der Waals surface area contributed by atoms with Gasteiger partial charge < -0.3 is 19.6 Å². The zero-order valence-electron chi connectivity index (χ0n) is 28.6. The van der Waals surface area contributed by atoms with Gasteiger partial charge in [0.1, 0.15) is 37.4 Å². The molecule has 0 saturated carbocycles. The lowest BCUT2D eigenvalue weighted by molar-refractivity contribution is -0.122. The topological polar surface area (TPSA) is 140 Å². The molecule has 1 atom stereocenters. The van der Waals surface area contributed by atoms with Crippen molar-refractivity contribution in [3.63, 3.8) is 0 Å². The molecule has 270 valence electrons. The van der Waals surface area contributed by atoms with E-state index >= 15 is 0 Å². The van der Waals surface area contributed by atoms with E-state index in [0.717, 1.165) is 41.7 Å². The van der Waals surface area contributed by atoms with Gasteiger partial charge in [-0.2, -0.15) is 9.42 Å². The molecule has 1 unspecified atom stereocenters. The van der Waals surface area contributed by atoms with Crippen LogP contribution in [0.1, 0.15) is 41.5 Å². The van der Waals surface area contributed by atoms with Gasteiger partial charge in [0.2, 0.25) is 5.91 Å². The average molecular weight is 726 g/mol. The number of ether oxygens (including phenoxy) is 1. The van der Waals surface area contributed by atoms with Gasteiger partial charge in [-0.15, -0.1) is 9.05 Å². The number of carboxylic acid groups (broad SMARTS) is 1. The highest BCUT2D eigenvalue weighted by Crippen LogP contribution is 2.60. The van der Waals surface area contributed by atoms with E-state index in [-0.39, 0.29) is 19.8 Å². The molecule has 2 amide bonds. The molecular formula is C40H42N2O9P+. The summed E-state index contributed by atoms with van der Waals surface area (Å²) in [6, 6.07) is 34.0. The molecule has 0 saturated heterocycles. The highest BCUT2D eigenvalue weighted by molar-refractivity contribution is 7.55. The predicted molar refractivity (Wildman–Crippen MR) is 197 cm³/mol. The molecule has 1 aliphatic rings. The second kappa shape index (κ2) is 17.9. The molecule has 3 N–H and O–H groups in total. The van der Waals surface area contributed by atoms with Crippen LogP contribution in [0.5, 0.6) is 5.75 Å². The second-order valence-electron chi connectivity index (χ2n) is 12.3.